The first-order valence-electron chi connectivity index (χ1n) is 7.51. The van der Waals surface area contributed by atoms with Crippen LogP contribution in [-0.4, -0.2) is 31.7 Å². The molecule has 7 heteroatoms. The number of nitrogens with zero attached hydrogens (tertiary/aromatic N) is 1. The van der Waals surface area contributed by atoms with Crippen molar-refractivity contribution in [1.82, 2.24) is 3.97 Å². The van der Waals surface area contributed by atoms with Crippen molar-refractivity contribution in [3.05, 3.63) is 65.9 Å². The van der Waals surface area contributed by atoms with Crippen LogP contribution in [0.4, 0.5) is 0 Å². The molecule has 0 saturated heterocycles. The Hall–Kier alpha value is -2.80. The number of hydrogen-bond acceptors (Lipinski definition) is 5. The summed E-state index contributed by atoms with van der Waals surface area (Å²) in [5.74, 6) is 0.166. The van der Waals surface area contributed by atoms with Gasteiger partial charge < -0.3 is 9.47 Å². The Bertz CT molecular complexity index is 1020. The van der Waals surface area contributed by atoms with E-state index in [1.54, 1.807) is 30.3 Å². The summed E-state index contributed by atoms with van der Waals surface area (Å²) in [5.41, 5.74) is 1.32. The smallest absolute Gasteiger partial charge is 0.337 e. The van der Waals surface area contributed by atoms with Gasteiger partial charge in [0.1, 0.15) is 12.4 Å². The molecule has 0 spiro atoms. The predicted octanol–water partition coefficient (Wildman–Crippen LogP) is 2.81. The molecule has 0 aliphatic heterocycles. The van der Waals surface area contributed by atoms with E-state index in [-0.39, 0.29) is 6.61 Å². The quantitative estimate of drug-likeness (QED) is 0.655. The highest BCUT2D eigenvalue weighted by Gasteiger charge is 2.18. The van der Waals surface area contributed by atoms with E-state index in [0.717, 1.165) is 6.26 Å². The zero-order valence-electron chi connectivity index (χ0n) is 13.8. The third-order valence-corrected chi connectivity index (χ3v) is 4.81. The maximum Gasteiger partial charge on any atom is 0.337 e. The maximum absolute atomic E-state index is 12.2. The van der Waals surface area contributed by atoms with E-state index in [2.05, 4.69) is 0 Å². The van der Waals surface area contributed by atoms with E-state index in [1.165, 1.54) is 17.1 Å². The van der Waals surface area contributed by atoms with E-state index >= 15 is 0 Å². The van der Waals surface area contributed by atoms with Crippen LogP contribution in [0.3, 0.4) is 0 Å². The van der Waals surface area contributed by atoms with Crippen LogP contribution in [0.5, 0.6) is 5.75 Å². The van der Waals surface area contributed by atoms with Crippen LogP contribution in [0.15, 0.2) is 54.6 Å². The minimum atomic E-state index is -3.54. The molecule has 0 fully saturated rings. The number of methoxy groups -OCH3 is 1. The molecule has 1 aromatic heterocycles. The van der Waals surface area contributed by atoms with Crippen LogP contribution in [0.25, 0.3) is 10.9 Å². The van der Waals surface area contributed by atoms with Gasteiger partial charge in [-0.05, 0) is 36.4 Å². The highest BCUT2D eigenvalue weighted by Crippen LogP contribution is 2.24. The first kappa shape index (κ1) is 17.0. The van der Waals surface area contributed by atoms with Crippen molar-refractivity contribution >= 4 is 26.9 Å². The fraction of sp³-hybridized carbons (Fsp3) is 0.167. The highest BCUT2D eigenvalue weighted by molar-refractivity contribution is 7.89. The fourth-order valence-electron chi connectivity index (χ4n) is 2.66. The third kappa shape index (κ3) is 3.51. The molecule has 0 aliphatic rings. The molecule has 6 nitrogen and oxygen atoms in total. The molecule has 0 bridgehead atoms. The van der Waals surface area contributed by atoms with Crippen molar-refractivity contribution in [2.45, 2.75) is 6.61 Å². The van der Waals surface area contributed by atoms with Crippen molar-refractivity contribution in [2.75, 3.05) is 13.4 Å². The number of hydrogen-bond donors (Lipinski definition) is 0. The lowest BCUT2D eigenvalue weighted by molar-refractivity contribution is 0.0601. The lowest BCUT2D eigenvalue weighted by atomic mass is 10.1. The zero-order chi connectivity index (χ0) is 18.0. The summed E-state index contributed by atoms with van der Waals surface area (Å²) in [4.78, 5) is 11.7. The van der Waals surface area contributed by atoms with Crippen molar-refractivity contribution in [2.24, 2.45) is 0 Å². The van der Waals surface area contributed by atoms with Gasteiger partial charge in [0.05, 0.1) is 30.1 Å². The SMILES string of the molecule is COC(=O)c1ccc2c(c1)cc(COc1ccccc1)n2S(C)(=O)=O. The predicted molar refractivity (Wildman–Crippen MR) is 94.3 cm³/mol. The minimum Gasteiger partial charge on any atom is -0.487 e. The summed E-state index contributed by atoms with van der Waals surface area (Å²) in [6.07, 6.45) is 1.13. The first-order valence-corrected chi connectivity index (χ1v) is 9.36. The van der Waals surface area contributed by atoms with Gasteiger partial charge in [-0.2, -0.15) is 0 Å². The van der Waals surface area contributed by atoms with Crippen LogP contribution in [0, 0.1) is 0 Å². The normalized spacial score (nSPS) is 11.4. The van der Waals surface area contributed by atoms with Crippen LogP contribution >= 0.6 is 0 Å². The number of carbonyl (C=O) groups excluding carboxylic acids is 1. The molecule has 0 aliphatic carbocycles. The Kier molecular flexibility index (Phi) is 4.50. The molecule has 0 radical (unpaired) electrons. The molecule has 3 aromatic rings. The highest BCUT2D eigenvalue weighted by atomic mass is 32.2. The molecular weight excluding hydrogens is 342 g/mol. The largest absolute Gasteiger partial charge is 0.487 e. The van der Waals surface area contributed by atoms with Gasteiger partial charge in [0.25, 0.3) is 0 Å². The number of rotatable bonds is 5. The second-order valence-electron chi connectivity index (χ2n) is 5.53. The van der Waals surface area contributed by atoms with Gasteiger partial charge in [-0.25, -0.2) is 17.2 Å². The Morgan fingerprint density at radius 3 is 2.44 bits per heavy atom. The average Bonchev–Trinajstić information content (AvgIpc) is 2.97. The van der Waals surface area contributed by atoms with E-state index in [9.17, 15) is 13.2 Å². The number of carbonyl (C=O) groups is 1. The lowest BCUT2D eigenvalue weighted by Gasteiger charge is -2.10. The number of para-hydroxylation sites is 1. The Labute approximate surface area is 145 Å². The number of fused-ring (bicyclic) bond motifs is 1. The molecule has 0 atom stereocenters. The minimum absolute atomic E-state index is 0.0827. The van der Waals surface area contributed by atoms with Crippen molar-refractivity contribution < 1.29 is 22.7 Å². The lowest BCUT2D eigenvalue weighted by Crippen LogP contribution is -2.14. The van der Waals surface area contributed by atoms with E-state index in [0.29, 0.717) is 27.9 Å². The van der Waals surface area contributed by atoms with Gasteiger partial charge in [0.2, 0.25) is 10.0 Å². The molecule has 0 amide bonds. The standard InChI is InChI=1S/C18H17NO5S/c1-23-18(20)13-8-9-17-14(10-13)11-15(19(17)25(2,21)22)12-24-16-6-4-3-5-7-16/h3-11H,12H2,1-2H3. The molecule has 130 valence electrons. The number of benzene rings is 2. The van der Waals surface area contributed by atoms with Gasteiger partial charge in [0.15, 0.2) is 0 Å². The van der Waals surface area contributed by atoms with Gasteiger partial charge in [-0.3, -0.25) is 0 Å². The summed E-state index contributed by atoms with van der Waals surface area (Å²) in [7, 11) is -2.24. The molecule has 1 heterocycles. The second-order valence-corrected chi connectivity index (χ2v) is 7.36. The summed E-state index contributed by atoms with van der Waals surface area (Å²) in [6.45, 7) is 0.0827. The summed E-state index contributed by atoms with van der Waals surface area (Å²) < 4.78 is 36.1. The average molecular weight is 359 g/mol. The topological polar surface area (TPSA) is 74.6 Å². The van der Waals surface area contributed by atoms with Crippen LogP contribution in [-0.2, 0) is 21.4 Å². The van der Waals surface area contributed by atoms with Crippen LogP contribution in [0.2, 0.25) is 0 Å². The van der Waals surface area contributed by atoms with E-state index in [1.807, 2.05) is 18.2 Å². The molecule has 25 heavy (non-hydrogen) atoms. The number of aromatic nitrogens is 1. The molecule has 0 N–H and O–H groups in total. The Morgan fingerprint density at radius 2 is 1.80 bits per heavy atom. The monoisotopic (exact) mass is 359 g/mol. The Morgan fingerprint density at radius 1 is 1.08 bits per heavy atom. The van der Waals surface area contributed by atoms with Crippen molar-refractivity contribution in [1.29, 1.82) is 0 Å². The number of esters is 1. The van der Waals surface area contributed by atoms with Gasteiger partial charge in [-0.15, -0.1) is 0 Å². The molecular formula is C18H17NO5S. The van der Waals surface area contributed by atoms with Crippen molar-refractivity contribution in [3.63, 3.8) is 0 Å². The van der Waals surface area contributed by atoms with E-state index in [4.69, 9.17) is 9.47 Å². The fourth-order valence-corrected chi connectivity index (χ4v) is 3.71. The summed E-state index contributed by atoms with van der Waals surface area (Å²) in [6, 6.07) is 15.6. The molecule has 0 saturated carbocycles. The molecule has 2 aromatic carbocycles. The molecule has 0 unspecified atom stereocenters. The van der Waals surface area contributed by atoms with Gasteiger partial charge in [0, 0.05) is 5.39 Å². The summed E-state index contributed by atoms with van der Waals surface area (Å²) >= 11 is 0. The van der Waals surface area contributed by atoms with E-state index < -0.39 is 16.0 Å². The Balaban J connectivity index is 2.05. The summed E-state index contributed by atoms with van der Waals surface area (Å²) in [5, 5.41) is 0.625. The first-order chi connectivity index (χ1) is 11.9. The number of ether oxygens (including phenoxy) is 2. The third-order valence-electron chi connectivity index (χ3n) is 3.71. The maximum atomic E-state index is 12.2. The second kappa shape index (κ2) is 6.60. The zero-order valence-corrected chi connectivity index (χ0v) is 14.6. The van der Waals surface area contributed by atoms with Gasteiger partial charge in [-0.1, -0.05) is 18.2 Å². The van der Waals surface area contributed by atoms with Crippen LogP contribution < -0.4 is 4.74 Å². The molecule has 3 rings (SSSR count). The van der Waals surface area contributed by atoms with Gasteiger partial charge >= 0.3 is 5.97 Å². The van der Waals surface area contributed by atoms with Crippen LogP contribution in [0.1, 0.15) is 16.1 Å². The van der Waals surface area contributed by atoms with Crippen molar-refractivity contribution in [3.8, 4) is 5.75 Å².